The van der Waals surface area contributed by atoms with E-state index in [4.69, 9.17) is 5.11 Å². The molecule has 1 rings (SSSR count). The van der Waals surface area contributed by atoms with Gasteiger partial charge >= 0.3 is 0 Å². The van der Waals surface area contributed by atoms with Gasteiger partial charge in [0.05, 0.1) is 11.4 Å². The van der Waals surface area contributed by atoms with Crippen molar-refractivity contribution < 1.29 is 9.90 Å². The minimum Gasteiger partial charge on any atom is -0.384 e. The first-order valence-electron chi connectivity index (χ1n) is 4.77. The van der Waals surface area contributed by atoms with Crippen molar-refractivity contribution in [3.05, 3.63) is 24.3 Å². The van der Waals surface area contributed by atoms with Gasteiger partial charge in [0.2, 0.25) is 0 Å². The lowest BCUT2D eigenvalue weighted by Crippen LogP contribution is -2.25. The molecular formula is C11H16N2O2. The molecule has 4 heteroatoms. The minimum atomic E-state index is -1.000. The van der Waals surface area contributed by atoms with E-state index < -0.39 is 12.0 Å². The quantitative estimate of drug-likeness (QED) is 0.781. The third-order valence-corrected chi connectivity index (χ3v) is 2.02. The zero-order chi connectivity index (χ0) is 11.4. The molecule has 1 aromatic carbocycles. The Morgan fingerprint density at radius 3 is 2.53 bits per heavy atom. The molecule has 0 aliphatic heterocycles. The summed E-state index contributed by atoms with van der Waals surface area (Å²) in [7, 11) is 3.79. The molecule has 0 aromatic heterocycles. The number of nitrogens with one attached hydrogen (secondary N) is 1. The van der Waals surface area contributed by atoms with E-state index in [2.05, 4.69) is 5.32 Å². The average Bonchev–Trinajstić information content (AvgIpc) is 2.18. The SMILES string of the molecule is CC(O)C(=O)Nc1ccccc1N(C)C. The minimum absolute atomic E-state index is 0.399. The summed E-state index contributed by atoms with van der Waals surface area (Å²) < 4.78 is 0. The van der Waals surface area contributed by atoms with E-state index in [-0.39, 0.29) is 0 Å². The van der Waals surface area contributed by atoms with Gasteiger partial charge in [-0.25, -0.2) is 0 Å². The van der Waals surface area contributed by atoms with E-state index in [1.807, 2.05) is 37.2 Å². The number of hydrogen-bond donors (Lipinski definition) is 2. The molecule has 0 saturated carbocycles. The highest BCUT2D eigenvalue weighted by Crippen LogP contribution is 2.23. The van der Waals surface area contributed by atoms with Gasteiger partial charge in [0, 0.05) is 14.1 Å². The highest BCUT2D eigenvalue weighted by molar-refractivity contribution is 5.96. The van der Waals surface area contributed by atoms with Crippen LogP contribution in [0.25, 0.3) is 0 Å². The van der Waals surface area contributed by atoms with Gasteiger partial charge in [-0.2, -0.15) is 0 Å². The van der Waals surface area contributed by atoms with Crippen LogP contribution in [0.5, 0.6) is 0 Å². The summed E-state index contributed by atoms with van der Waals surface area (Å²) in [5.74, 6) is -0.399. The molecule has 0 heterocycles. The van der Waals surface area contributed by atoms with Gasteiger partial charge in [-0.15, -0.1) is 0 Å². The van der Waals surface area contributed by atoms with Crippen molar-refractivity contribution in [3.8, 4) is 0 Å². The lowest BCUT2D eigenvalue weighted by atomic mass is 10.2. The summed E-state index contributed by atoms with van der Waals surface area (Å²) >= 11 is 0. The number of carbonyl (C=O) groups excluding carboxylic acids is 1. The molecule has 1 atom stereocenters. The van der Waals surface area contributed by atoms with E-state index in [9.17, 15) is 4.79 Å². The molecule has 4 nitrogen and oxygen atoms in total. The summed E-state index contributed by atoms with van der Waals surface area (Å²) in [5, 5.41) is 11.7. The Hall–Kier alpha value is -1.55. The topological polar surface area (TPSA) is 52.6 Å². The highest BCUT2D eigenvalue weighted by Gasteiger charge is 2.11. The normalized spacial score (nSPS) is 12.0. The molecular weight excluding hydrogens is 192 g/mol. The number of aliphatic hydroxyl groups excluding tert-OH is 1. The van der Waals surface area contributed by atoms with Crippen LogP contribution in [-0.2, 0) is 4.79 Å². The van der Waals surface area contributed by atoms with Gasteiger partial charge < -0.3 is 15.3 Å². The predicted molar refractivity (Wildman–Crippen MR) is 61.1 cm³/mol. The average molecular weight is 208 g/mol. The Morgan fingerprint density at radius 1 is 1.40 bits per heavy atom. The van der Waals surface area contributed by atoms with E-state index >= 15 is 0 Å². The van der Waals surface area contributed by atoms with Crippen molar-refractivity contribution in [2.45, 2.75) is 13.0 Å². The maximum atomic E-state index is 11.3. The number of carbonyl (C=O) groups is 1. The van der Waals surface area contributed by atoms with Crippen LogP contribution in [0.3, 0.4) is 0 Å². The zero-order valence-corrected chi connectivity index (χ0v) is 9.19. The van der Waals surface area contributed by atoms with E-state index in [0.717, 1.165) is 5.69 Å². The van der Waals surface area contributed by atoms with Crippen molar-refractivity contribution in [2.24, 2.45) is 0 Å². The number of anilines is 2. The van der Waals surface area contributed by atoms with Crippen LogP contribution in [0, 0.1) is 0 Å². The van der Waals surface area contributed by atoms with Crippen LogP contribution >= 0.6 is 0 Å². The summed E-state index contributed by atoms with van der Waals surface area (Å²) in [6, 6.07) is 7.44. The van der Waals surface area contributed by atoms with Crippen LogP contribution in [0.2, 0.25) is 0 Å². The molecule has 0 saturated heterocycles. The van der Waals surface area contributed by atoms with Crippen molar-refractivity contribution >= 4 is 17.3 Å². The molecule has 0 spiro atoms. The van der Waals surface area contributed by atoms with Crippen LogP contribution < -0.4 is 10.2 Å². The zero-order valence-electron chi connectivity index (χ0n) is 9.19. The van der Waals surface area contributed by atoms with E-state index in [1.54, 1.807) is 6.07 Å². The largest absolute Gasteiger partial charge is 0.384 e. The first-order chi connectivity index (χ1) is 7.02. The van der Waals surface area contributed by atoms with Gasteiger partial charge in [0.15, 0.2) is 0 Å². The summed E-state index contributed by atoms with van der Waals surface area (Å²) in [6.07, 6.45) is -1.000. The molecule has 1 unspecified atom stereocenters. The fourth-order valence-corrected chi connectivity index (χ4v) is 1.21. The number of para-hydroxylation sites is 2. The number of hydrogen-bond acceptors (Lipinski definition) is 3. The second-order valence-corrected chi connectivity index (χ2v) is 3.58. The Bertz CT molecular complexity index is 348. The van der Waals surface area contributed by atoms with Crippen molar-refractivity contribution in [2.75, 3.05) is 24.3 Å². The second-order valence-electron chi connectivity index (χ2n) is 3.58. The molecule has 82 valence electrons. The van der Waals surface area contributed by atoms with Crippen LogP contribution in [0.4, 0.5) is 11.4 Å². The lowest BCUT2D eigenvalue weighted by molar-refractivity contribution is -0.123. The third kappa shape index (κ3) is 2.95. The fourth-order valence-electron chi connectivity index (χ4n) is 1.21. The molecule has 0 bridgehead atoms. The molecule has 15 heavy (non-hydrogen) atoms. The van der Waals surface area contributed by atoms with Crippen molar-refractivity contribution in [1.29, 1.82) is 0 Å². The van der Waals surface area contributed by atoms with Crippen LogP contribution in [0.1, 0.15) is 6.92 Å². The Labute approximate surface area is 89.5 Å². The maximum Gasteiger partial charge on any atom is 0.252 e. The predicted octanol–water partition coefficient (Wildman–Crippen LogP) is 1.07. The van der Waals surface area contributed by atoms with Gasteiger partial charge in [0.25, 0.3) is 5.91 Å². The molecule has 0 radical (unpaired) electrons. The number of benzene rings is 1. The summed E-state index contributed by atoms with van der Waals surface area (Å²) in [4.78, 5) is 13.2. The fraction of sp³-hybridized carbons (Fsp3) is 0.364. The summed E-state index contributed by atoms with van der Waals surface area (Å²) in [6.45, 7) is 1.44. The van der Waals surface area contributed by atoms with E-state index in [0.29, 0.717) is 5.69 Å². The van der Waals surface area contributed by atoms with Crippen LogP contribution in [-0.4, -0.2) is 31.2 Å². The first kappa shape index (κ1) is 11.5. The smallest absolute Gasteiger partial charge is 0.252 e. The van der Waals surface area contributed by atoms with Gasteiger partial charge in [-0.3, -0.25) is 4.79 Å². The van der Waals surface area contributed by atoms with Gasteiger partial charge in [-0.1, -0.05) is 12.1 Å². The lowest BCUT2D eigenvalue weighted by Gasteiger charge is -2.18. The Balaban J connectivity index is 2.89. The number of amides is 1. The van der Waals surface area contributed by atoms with Gasteiger partial charge in [-0.05, 0) is 19.1 Å². The standard InChI is InChI=1S/C11H16N2O2/c1-8(14)11(15)12-9-6-4-5-7-10(9)13(2)3/h4-8,14H,1-3H3,(H,12,15). The third-order valence-electron chi connectivity index (χ3n) is 2.02. The molecule has 1 amide bonds. The summed E-state index contributed by atoms with van der Waals surface area (Å²) in [5.41, 5.74) is 1.61. The number of rotatable bonds is 3. The molecule has 0 aliphatic carbocycles. The number of nitrogens with zero attached hydrogens (tertiary/aromatic N) is 1. The number of aliphatic hydroxyl groups is 1. The van der Waals surface area contributed by atoms with E-state index in [1.165, 1.54) is 6.92 Å². The highest BCUT2D eigenvalue weighted by atomic mass is 16.3. The van der Waals surface area contributed by atoms with Crippen LogP contribution in [0.15, 0.2) is 24.3 Å². The molecule has 1 aromatic rings. The first-order valence-corrected chi connectivity index (χ1v) is 4.77. The van der Waals surface area contributed by atoms with Gasteiger partial charge in [0.1, 0.15) is 6.10 Å². The Kier molecular flexibility index (Phi) is 3.68. The second kappa shape index (κ2) is 4.79. The van der Waals surface area contributed by atoms with Crippen molar-refractivity contribution in [1.82, 2.24) is 0 Å². The molecule has 0 fully saturated rings. The Morgan fingerprint density at radius 2 is 2.00 bits per heavy atom. The molecule has 2 N–H and O–H groups in total. The molecule has 0 aliphatic rings. The maximum absolute atomic E-state index is 11.3. The monoisotopic (exact) mass is 208 g/mol. The van der Waals surface area contributed by atoms with Crippen molar-refractivity contribution in [3.63, 3.8) is 0 Å².